The van der Waals surface area contributed by atoms with E-state index in [1.165, 1.54) is 9.75 Å². The Hall–Kier alpha value is -1.11. The molecule has 0 aromatic carbocycles. The topological polar surface area (TPSA) is 54.0 Å². The molecule has 0 radical (unpaired) electrons. The first kappa shape index (κ1) is 28.9. The molecule has 2 aliphatic rings. The molecule has 2 aliphatic carbocycles. The SMILES string of the molecule is CC([N-]c1ncc(C)s1)=C1C=CC=C1.CC([N-]c1ncc(C)s1)=C1C=CC=C1.[Cl][Ni][Cl].[Fe+2]. The molecule has 0 fully saturated rings. The quantitative estimate of drug-likeness (QED) is 0.333. The Balaban J connectivity index is 0.000000278. The van der Waals surface area contributed by atoms with Crippen molar-refractivity contribution >= 4 is 53.3 Å². The summed E-state index contributed by atoms with van der Waals surface area (Å²) in [6.45, 7) is 8.08. The van der Waals surface area contributed by atoms with Gasteiger partial charge in [-0.1, -0.05) is 72.4 Å². The van der Waals surface area contributed by atoms with E-state index in [-0.39, 0.29) is 17.1 Å². The van der Waals surface area contributed by atoms with E-state index in [9.17, 15) is 0 Å². The Morgan fingerprint density at radius 2 is 1.06 bits per heavy atom. The van der Waals surface area contributed by atoms with E-state index in [1.807, 2.05) is 64.4 Å². The number of hydrogen-bond acceptors (Lipinski definition) is 4. The summed E-state index contributed by atoms with van der Waals surface area (Å²) in [5, 5.41) is 10.6. The summed E-state index contributed by atoms with van der Waals surface area (Å²) in [4.78, 5) is 10.8. The van der Waals surface area contributed by atoms with Crippen molar-refractivity contribution in [1.82, 2.24) is 9.97 Å². The average molecular weight is 592 g/mol. The Bertz CT molecular complexity index is 942. The largest absolute Gasteiger partial charge is 2.00 e. The molecule has 0 bridgehead atoms. The van der Waals surface area contributed by atoms with Crippen LogP contribution in [0.25, 0.3) is 10.6 Å². The smallest absolute Gasteiger partial charge is 2.00 e. The zero-order valence-electron chi connectivity index (χ0n) is 17.8. The van der Waals surface area contributed by atoms with E-state index >= 15 is 0 Å². The van der Waals surface area contributed by atoms with Crippen molar-refractivity contribution in [3.8, 4) is 0 Å². The summed E-state index contributed by atoms with van der Waals surface area (Å²) in [7, 11) is 9.40. The van der Waals surface area contributed by atoms with Crippen LogP contribution in [0.2, 0.25) is 0 Å². The third kappa shape index (κ3) is 10.2. The molecule has 0 amide bonds. The van der Waals surface area contributed by atoms with Gasteiger partial charge in [0.1, 0.15) is 0 Å². The molecule has 32 heavy (non-hydrogen) atoms. The molecule has 0 aliphatic heterocycles. The van der Waals surface area contributed by atoms with Crippen LogP contribution in [0.1, 0.15) is 23.6 Å². The normalized spacial score (nSPS) is 12.7. The van der Waals surface area contributed by atoms with Crippen molar-refractivity contribution in [1.29, 1.82) is 0 Å². The molecule has 2 aromatic rings. The molecule has 4 rings (SSSR count). The van der Waals surface area contributed by atoms with Gasteiger partial charge in [0, 0.05) is 0 Å². The van der Waals surface area contributed by atoms with Gasteiger partial charge in [0.05, 0.1) is 0 Å². The van der Waals surface area contributed by atoms with Crippen molar-refractivity contribution in [3.05, 3.63) is 104 Å². The van der Waals surface area contributed by atoms with E-state index in [1.54, 1.807) is 22.7 Å². The van der Waals surface area contributed by atoms with Gasteiger partial charge < -0.3 is 20.6 Å². The molecule has 0 N–H and O–H groups in total. The van der Waals surface area contributed by atoms with Crippen LogP contribution in [-0.4, -0.2) is 9.97 Å². The first-order valence-electron chi connectivity index (χ1n) is 9.15. The minimum atomic E-state index is 0. The molecule has 2 aromatic heterocycles. The maximum atomic E-state index is 4.70. The van der Waals surface area contributed by atoms with Crippen LogP contribution in [0.3, 0.4) is 0 Å². The molecule has 0 saturated heterocycles. The predicted molar refractivity (Wildman–Crippen MR) is 133 cm³/mol. The molecule has 174 valence electrons. The summed E-state index contributed by atoms with van der Waals surface area (Å²) in [6.07, 6.45) is 20.0. The number of halogens is 2. The summed E-state index contributed by atoms with van der Waals surface area (Å²) < 4.78 is 0. The van der Waals surface area contributed by atoms with E-state index in [0.717, 1.165) is 32.8 Å². The number of aryl methyl sites for hydroxylation is 2. The number of hydrogen-bond donors (Lipinski definition) is 0. The molecular weight excluding hydrogens is 570 g/mol. The number of thiazole rings is 2. The number of rotatable bonds is 4. The Kier molecular flexibility index (Phi) is 14.2. The molecule has 10 heteroatoms. The third-order valence-corrected chi connectivity index (χ3v) is 5.52. The fourth-order valence-electron chi connectivity index (χ4n) is 2.44. The van der Waals surface area contributed by atoms with Crippen LogP contribution in [0, 0.1) is 13.8 Å². The summed E-state index contributed by atoms with van der Waals surface area (Å²) in [5.74, 6) is 0. The second-order valence-electron chi connectivity index (χ2n) is 6.29. The average Bonchev–Trinajstić information content (AvgIpc) is 3.52. The van der Waals surface area contributed by atoms with Gasteiger partial charge in [-0.2, -0.15) is 22.7 Å². The van der Waals surface area contributed by atoms with Crippen molar-refractivity contribution < 1.29 is 29.7 Å². The maximum absolute atomic E-state index is 4.70. The Morgan fingerprint density at radius 1 is 0.750 bits per heavy atom. The van der Waals surface area contributed by atoms with Gasteiger partial charge in [0.15, 0.2) is 0 Å². The van der Waals surface area contributed by atoms with Crippen molar-refractivity contribution in [2.45, 2.75) is 27.7 Å². The predicted octanol–water partition coefficient (Wildman–Crippen LogP) is 9.09. The van der Waals surface area contributed by atoms with E-state index in [4.69, 9.17) is 20.4 Å². The van der Waals surface area contributed by atoms with Crippen LogP contribution in [-0.2, 0) is 29.7 Å². The van der Waals surface area contributed by atoms with Crippen LogP contribution >= 0.6 is 43.1 Å². The number of nitrogens with zero attached hydrogens (tertiary/aromatic N) is 4. The molecule has 0 saturated carbocycles. The van der Waals surface area contributed by atoms with Gasteiger partial charge in [-0.25, -0.2) is 0 Å². The molecule has 4 nitrogen and oxygen atoms in total. The van der Waals surface area contributed by atoms with Gasteiger partial charge in [-0.15, -0.1) is 0 Å². The fraction of sp³-hybridized carbons (Fsp3) is 0.182. The van der Waals surface area contributed by atoms with Crippen LogP contribution in [0.4, 0.5) is 10.3 Å². The van der Waals surface area contributed by atoms with Gasteiger partial charge >= 0.3 is 50.1 Å². The van der Waals surface area contributed by atoms with E-state index < -0.39 is 0 Å². The summed E-state index contributed by atoms with van der Waals surface area (Å²) in [5.41, 5.74) is 4.37. The van der Waals surface area contributed by atoms with Crippen LogP contribution in [0.15, 0.2) is 83.5 Å². The second-order valence-corrected chi connectivity index (χ2v) is 10.4. The first-order valence-corrected chi connectivity index (χ1v) is 13.5. The zero-order chi connectivity index (χ0) is 22.6. The van der Waals surface area contributed by atoms with E-state index in [0.29, 0.717) is 12.7 Å². The molecule has 0 unspecified atom stereocenters. The molecule has 0 spiro atoms. The number of aromatic nitrogens is 2. The van der Waals surface area contributed by atoms with Gasteiger partial charge in [-0.3, -0.25) is 0 Å². The maximum Gasteiger partial charge on any atom is 2.00 e. The minimum Gasteiger partial charge on any atom is 2.00 e. The van der Waals surface area contributed by atoms with Gasteiger partial charge in [-0.05, 0) is 58.9 Å². The second kappa shape index (κ2) is 15.7. The van der Waals surface area contributed by atoms with E-state index in [2.05, 4.69) is 44.9 Å². The minimum absolute atomic E-state index is 0. The monoisotopic (exact) mass is 590 g/mol. The third-order valence-electron chi connectivity index (χ3n) is 3.91. The Morgan fingerprint density at radius 3 is 1.31 bits per heavy atom. The summed E-state index contributed by atoms with van der Waals surface area (Å²) >= 11 is 3.80. The Labute approximate surface area is 223 Å². The molecular formula is C22H22Cl2FeN4NiS2. The van der Waals surface area contributed by atoms with Gasteiger partial charge in [0.2, 0.25) is 0 Å². The first-order chi connectivity index (χ1) is 14.9. The molecule has 0 atom stereocenters. The van der Waals surface area contributed by atoms with Crippen LogP contribution < -0.4 is 0 Å². The fourth-order valence-corrected chi connectivity index (χ4v) is 3.80. The molecule has 2 heterocycles. The standard InChI is InChI=1S/2C11H11N2S.2ClH.Fe.Ni/c2*1-8-7-12-11(14-8)13-9(2)10-5-3-4-6-10;;;;/h2*3-7H,1-2H3;2*1H;;/q2*-1;;;2*+2/p-2. The van der Waals surface area contributed by atoms with Crippen molar-refractivity contribution in [2.75, 3.05) is 0 Å². The van der Waals surface area contributed by atoms with Crippen molar-refractivity contribution in [3.63, 3.8) is 0 Å². The number of allylic oxidation sites excluding steroid dienone is 12. The van der Waals surface area contributed by atoms with Crippen molar-refractivity contribution in [2.24, 2.45) is 0 Å². The zero-order valence-corrected chi connectivity index (χ0v) is 23.0. The summed E-state index contributed by atoms with van der Waals surface area (Å²) in [6, 6.07) is 0. The van der Waals surface area contributed by atoms with Gasteiger partial charge in [0.25, 0.3) is 0 Å². The van der Waals surface area contributed by atoms with Crippen LogP contribution in [0.5, 0.6) is 0 Å².